The lowest BCUT2D eigenvalue weighted by atomic mass is 9.96. The molecule has 4 rings (SSSR count). The first-order valence-electron chi connectivity index (χ1n) is 11.1. The summed E-state index contributed by atoms with van der Waals surface area (Å²) >= 11 is 2.71. The smallest absolute Gasteiger partial charge is 0.239 e. The topological polar surface area (TPSA) is 87.9 Å². The Bertz CT molecular complexity index is 1190. The van der Waals surface area contributed by atoms with Gasteiger partial charge in [-0.05, 0) is 56.4 Å². The number of nitriles is 1. The number of ether oxygens (including phenoxy) is 1. The molecule has 1 N–H and O–H groups in total. The van der Waals surface area contributed by atoms with Crippen molar-refractivity contribution in [2.45, 2.75) is 55.7 Å². The van der Waals surface area contributed by atoms with Gasteiger partial charge in [0.25, 0.3) is 0 Å². The summed E-state index contributed by atoms with van der Waals surface area (Å²) in [5, 5.41) is 15.2. The fourth-order valence-corrected chi connectivity index (χ4v) is 5.43. The van der Waals surface area contributed by atoms with E-state index < -0.39 is 5.25 Å². The normalized spacial score (nSPS) is 14.3. The van der Waals surface area contributed by atoms with Crippen LogP contribution in [0.25, 0.3) is 11.3 Å². The minimum Gasteiger partial charge on any atom is -0.497 e. The van der Waals surface area contributed by atoms with Crippen molar-refractivity contribution in [3.05, 3.63) is 52.5 Å². The summed E-state index contributed by atoms with van der Waals surface area (Å²) in [6, 6.07) is 11.9. The van der Waals surface area contributed by atoms with E-state index in [0.29, 0.717) is 15.7 Å². The van der Waals surface area contributed by atoms with E-state index in [0.717, 1.165) is 48.4 Å². The summed E-state index contributed by atoms with van der Waals surface area (Å²) in [4.78, 5) is 22.2. The second-order valence-electron chi connectivity index (χ2n) is 7.99. The molecule has 0 saturated heterocycles. The monoisotopic (exact) mass is 478 g/mol. The van der Waals surface area contributed by atoms with Gasteiger partial charge in [0.2, 0.25) is 5.91 Å². The Morgan fingerprint density at radius 3 is 2.82 bits per heavy atom. The van der Waals surface area contributed by atoms with Crippen LogP contribution >= 0.6 is 23.1 Å². The Hall–Kier alpha value is -2.89. The van der Waals surface area contributed by atoms with Crippen molar-refractivity contribution in [1.29, 1.82) is 5.26 Å². The number of aryl methyl sites for hydroxylation is 2. The van der Waals surface area contributed by atoms with Crippen LogP contribution in [0.5, 0.6) is 5.75 Å². The van der Waals surface area contributed by atoms with Crippen molar-refractivity contribution >= 4 is 34.1 Å². The van der Waals surface area contributed by atoms with Gasteiger partial charge in [-0.1, -0.05) is 36.7 Å². The predicted molar refractivity (Wildman–Crippen MR) is 133 cm³/mol. The highest BCUT2D eigenvalue weighted by Gasteiger charge is 2.21. The molecule has 0 aliphatic heterocycles. The van der Waals surface area contributed by atoms with Gasteiger partial charge in [-0.25, -0.2) is 9.97 Å². The Morgan fingerprint density at radius 1 is 1.21 bits per heavy atom. The van der Waals surface area contributed by atoms with Crippen LogP contribution in [0, 0.1) is 11.3 Å². The van der Waals surface area contributed by atoms with Crippen LogP contribution in [-0.4, -0.2) is 28.2 Å². The number of hydrogen-bond donors (Lipinski definition) is 1. The first-order valence-corrected chi connectivity index (χ1v) is 12.8. The van der Waals surface area contributed by atoms with Crippen molar-refractivity contribution in [1.82, 2.24) is 9.97 Å². The molecule has 0 spiro atoms. The minimum absolute atomic E-state index is 0.163. The van der Waals surface area contributed by atoms with Crippen molar-refractivity contribution in [2.24, 2.45) is 0 Å². The molecule has 1 unspecified atom stereocenters. The lowest BCUT2D eigenvalue weighted by molar-refractivity contribution is -0.115. The maximum Gasteiger partial charge on any atom is 0.239 e. The molecule has 0 fully saturated rings. The van der Waals surface area contributed by atoms with Gasteiger partial charge < -0.3 is 10.1 Å². The Morgan fingerprint density at radius 2 is 2.03 bits per heavy atom. The molecule has 1 aromatic carbocycles. The van der Waals surface area contributed by atoms with Gasteiger partial charge in [0.1, 0.15) is 16.8 Å². The molecule has 1 atom stereocenters. The van der Waals surface area contributed by atoms with Crippen LogP contribution in [0.4, 0.5) is 5.13 Å². The molecule has 0 radical (unpaired) electrons. The van der Waals surface area contributed by atoms with Crippen LogP contribution in [0.3, 0.4) is 0 Å². The fourth-order valence-electron chi connectivity index (χ4n) is 3.81. The molecular weight excluding hydrogens is 452 g/mol. The largest absolute Gasteiger partial charge is 0.497 e. The third-order valence-corrected chi connectivity index (χ3v) is 7.50. The molecule has 0 saturated carbocycles. The second-order valence-corrected chi connectivity index (χ2v) is 10.2. The van der Waals surface area contributed by atoms with Crippen molar-refractivity contribution < 1.29 is 9.53 Å². The van der Waals surface area contributed by atoms with Crippen LogP contribution < -0.4 is 10.1 Å². The molecule has 1 aliphatic carbocycles. The van der Waals surface area contributed by atoms with E-state index in [1.165, 1.54) is 41.5 Å². The molecule has 33 heavy (non-hydrogen) atoms. The second kappa shape index (κ2) is 10.8. The summed E-state index contributed by atoms with van der Waals surface area (Å²) in [7, 11) is 1.63. The Labute approximate surface area is 202 Å². The van der Waals surface area contributed by atoms with Crippen LogP contribution in [0.1, 0.15) is 49.4 Å². The van der Waals surface area contributed by atoms with E-state index in [2.05, 4.69) is 16.4 Å². The average molecular weight is 479 g/mol. The molecule has 3 aromatic rings. The van der Waals surface area contributed by atoms with Gasteiger partial charge in [0, 0.05) is 16.6 Å². The molecular formula is C25H26N4O2S2. The number of carbonyl (C=O) groups excluding carboxylic acids is 1. The number of fused-ring (bicyclic) bond motifs is 1. The van der Waals surface area contributed by atoms with Crippen molar-refractivity contribution in [3.63, 3.8) is 0 Å². The lowest BCUT2D eigenvalue weighted by Crippen LogP contribution is -2.22. The summed E-state index contributed by atoms with van der Waals surface area (Å²) in [5.74, 6) is 0.595. The van der Waals surface area contributed by atoms with Crippen LogP contribution in [-0.2, 0) is 17.6 Å². The van der Waals surface area contributed by atoms with Gasteiger partial charge in [0.05, 0.1) is 23.6 Å². The standard InChI is InChI=1S/C25H26N4O2S2/c1-16(33-24-19(14-26)12-17-8-5-3-4-6-11-21(17)27-24)23(30)29-25-28-22(15-32-25)18-9-7-10-20(13-18)31-2/h7,9-10,12-13,15-16H,3-6,8,11H2,1-2H3,(H,28,29,30). The number of nitrogens with zero attached hydrogens (tertiary/aromatic N) is 3. The van der Waals surface area contributed by atoms with Crippen molar-refractivity contribution in [2.75, 3.05) is 12.4 Å². The van der Waals surface area contributed by atoms with E-state index in [4.69, 9.17) is 9.72 Å². The van der Waals surface area contributed by atoms with E-state index in [1.807, 2.05) is 42.6 Å². The number of rotatable bonds is 6. The zero-order valence-electron chi connectivity index (χ0n) is 18.8. The number of aromatic nitrogens is 2. The van der Waals surface area contributed by atoms with Gasteiger partial charge >= 0.3 is 0 Å². The number of thiazole rings is 1. The van der Waals surface area contributed by atoms with Gasteiger partial charge in [-0.15, -0.1) is 11.3 Å². The van der Waals surface area contributed by atoms with E-state index in [1.54, 1.807) is 7.11 Å². The minimum atomic E-state index is -0.416. The number of benzene rings is 1. The Balaban J connectivity index is 1.45. The number of anilines is 1. The van der Waals surface area contributed by atoms with E-state index in [-0.39, 0.29) is 5.91 Å². The highest BCUT2D eigenvalue weighted by Crippen LogP contribution is 2.31. The van der Waals surface area contributed by atoms with Gasteiger partial charge in [0.15, 0.2) is 5.13 Å². The number of hydrogen-bond acceptors (Lipinski definition) is 7. The zero-order valence-corrected chi connectivity index (χ0v) is 20.4. The summed E-state index contributed by atoms with van der Waals surface area (Å²) < 4.78 is 5.28. The number of methoxy groups -OCH3 is 1. The number of carbonyl (C=O) groups is 1. The number of nitrogens with one attached hydrogen (secondary N) is 1. The maximum atomic E-state index is 12.9. The lowest BCUT2D eigenvalue weighted by Gasteiger charge is -2.16. The molecule has 2 heterocycles. The van der Waals surface area contributed by atoms with E-state index in [9.17, 15) is 10.1 Å². The fraction of sp³-hybridized carbons (Fsp3) is 0.360. The quantitative estimate of drug-likeness (QED) is 0.446. The molecule has 0 bridgehead atoms. The van der Waals surface area contributed by atoms with Gasteiger partial charge in [-0.3, -0.25) is 4.79 Å². The molecule has 1 amide bonds. The molecule has 1 aliphatic rings. The first-order chi connectivity index (χ1) is 16.1. The maximum absolute atomic E-state index is 12.9. The van der Waals surface area contributed by atoms with Crippen LogP contribution in [0.15, 0.2) is 40.7 Å². The highest BCUT2D eigenvalue weighted by atomic mass is 32.2. The predicted octanol–water partition coefficient (Wildman–Crippen LogP) is 5.86. The third-order valence-electron chi connectivity index (χ3n) is 5.64. The summed E-state index contributed by atoms with van der Waals surface area (Å²) in [5.41, 5.74) is 4.52. The highest BCUT2D eigenvalue weighted by molar-refractivity contribution is 8.00. The molecule has 2 aromatic heterocycles. The third kappa shape index (κ3) is 5.73. The molecule has 170 valence electrons. The molecule has 6 nitrogen and oxygen atoms in total. The van der Waals surface area contributed by atoms with Gasteiger partial charge in [-0.2, -0.15) is 5.26 Å². The van der Waals surface area contributed by atoms with E-state index >= 15 is 0 Å². The Kier molecular flexibility index (Phi) is 7.63. The zero-order chi connectivity index (χ0) is 23.2. The number of pyridine rings is 1. The number of amides is 1. The molecule has 8 heteroatoms. The first kappa shape index (κ1) is 23.3. The average Bonchev–Trinajstić information content (AvgIpc) is 3.28. The van der Waals surface area contributed by atoms with Crippen molar-refractivity contribution in [3.8, 4) is 23.1 Å². The summed E-state index contributed by atoms with van der Waals surface area (Å²) in [6.07, 6.45) is 6.60. The van der Waals surface area contributed by atoms with Crippen LogP contribution in [0.2, 0.25) is 0 Å². The number of thioether (sulfide) groups is 1. The summed E-state index contributed by atoms with van der Waals surface area (Å²) in [6.45, 7) is 1.83. The SMILES string of the molecule is COc1cccc(-c2csc(NC(=O)C(C)Sc3nc4c(cc3C#N)CCCCCC4)n2)c1.